The predicted octanol–water partition coefficient (Wildman–Crippen LogP) is 3.69. The molecule has 4 nitrogen and oxygen atoms in total. The normalized spacial score (nSPS) is 17.6. The number of rotatable bonds is 4. The molecular formula is C19H18ClNO3. The van der Waals surface area contributed by atoms with Crippen molar-refractivity contribution in [3.05, 3.63) is 70.2 Å². The van der Waals surface area contributed by atoms with Crippen molar-refractivity contribution in [3.8, 4) is 0 Å². The van der Waals surface area contributed by atoms with Gasteiger partial charge in [-0.3, -0.25) is 4.79 Å². The van der Waals surface area contributed by atoms with Gasteiger partial charge in [0.15, 0.2) is 6.10 Å². The molecule has 3 rings (SSSR count). The van der Waals surface area contributed by atoms with Gasteiger partial charge in [-0.25, -0.2) is 4.79 Å². The number of fused-ring (bicyclic) bond motifs is 1. The third-order valence-electron chi connectivity index (χ3n) is 4.16. The molecule has 124 valence electrons. The molecule has 0 aromatic heterocycles. The van der Waals surface area contributed by atoms with Crippen molar-refractivity contribution in [3.63, 3.8) is 0 Å². The monoisotopic (exact) mass is 343 g/mol. The summed E-state index contributed by atoms with van der Waals surface area (Å²) in [6, 6.07) is 14.4. The molecule has 0 saturated carbocycles. The van der Waals surface area contributed by atoms with E-state index < -0.39 is 12.1 Å². The van der Waals surface area contributed by atoms with E-state index >= 15 is 0 Å². The lowest BCUT2D eigenvalue weighted by atomic mass is 9.97. The second kappa shape index (κ2) is 7.05. The largest absolute Gasteiger partial charge is 0.448 e. The maximum absolute atomic E-state index is 12.6. The van der Waals surface area contributed by atoms with E-state index in [1.807, 2.05) is 37.3 Å². The number of carbonyl (C=O) groups is 2. The van der Waals surface area contributed by atoms with Crippen LogP contribution in [-0.4, -0.2) is 18.0 Å². The first-order valence-corrected chi connectivity index (χ1v) is 8.31. The first-order chi connectivity index (χ1) is 11.6. The van der Waals surface area contributed by atoms with Gasteiger partial charge in [-0.1, -0.05) is 48.9 Å². The Morgan fingerprint density at radius 1 is 1.29 bits per heavy atom. The van der Waals surface area contributed by atoms with E-state index in [2.05, 4.69) is 5.32 Å². The van der Waals surface area contributed by atoms with Crippen LogP contribution in [0.1, 0.15) is 40.9 Å². The van der Waals surface area contributed by atoms with Gasteiger partial charge in [-0.2, -0.15) is 0 Å². The molecule has 2 aromatic carbocycles. The van der Waals surface area contributed by atoms with Crippen molar-refractivity contribution in [1.82, 2.24) is 5.32 Å². The summed E-state index contributed by atoms with van der Waals surface area (Å²) < 4.78 is 5.30. The Labute approximate surface area is 145 Å². The maximum Gasteiger partial charge on any atom is 0.339 e. The van der Waals surface area contributed by atoms with E-state index in [1.54, 1.807) is 18.2 Å². The molecule has 2 unspecified atom stereocenters. The minimum absolute atomic E-state index is 0.174. The molecule has 0 aliphatic carbocycles. The maximum atomic E-state index is 12.6. The number of ether oxygens (including phenoxy) is 1. The zero-order chi connectivity index (χ0) is 17.1. The van der Waals surface area contributed by atoms with E-state index in [9.17, 15) is 9.59 Å². The number of halogens is 1. The van der Waals surface area contributed by atoms with Crippen LogP contribution < -0.4 is 5.32 Å². The standard InChI is InChI=1S/C19H18ClNO3/c1-2-16(13-7-5-8-14(20)10-13)21-18(22)17-11-12-6-3-4-9-15(12)19(23)24-17/h3-10,16-17H,2,11H2,1H3,(H,21,22). The third-order valence-corrected chi connectivity index (χ3v) is 4.40. The molecule has 1 N–H and O–H groups in total. The summed E-state index contributed by atoms with van der Waals surface area (Å²) in [5, 5.41) is 3.58. The molecule has 0 radical (unpaired) electrons. The molecule has 0 saturated heterocycles. The molecule has 1 heterocycles. The molecule has 1 aliphatic heterocycles. The van der Waals surface area contributed by atoms with Gasteiger partial charge in [-0.15, -0.1) is 0 Å². The molecular weight excluding hydrogens is 326 g/mol. The lowest BCUT2D eigenvalue weighted by molar-refractivity contribution is -0.131. The number of nitrogens with one attached hydrogen (secondary N) is 1. The van der Waals surface area contributed by atoms with Crippen LogP contribution in [0.2, 0.25) is 5.02 Å². The van der Waals surface area contributed by atoms with E-state index in [0.717, 1.165) is 11.1 Å². The topological polar surface area (TPSA) is 55.4 Å². The van der Waals surface area contributed by atoms with Gasteiger partial charge in [0.05, 0.1) is 11.6 Å². The second-order valence-corrected chi connectivity index (χ2v) is 6.22. The van der Waals surface area contributed by atoms with Crippen LogP contribution in [0, 0.1) is 0 Å². The fraction of sp³-hybridized carbons (Fsp3) is 0.263. The van der Waals surface area contributed by atoms with Crippen LogP contribution >= 0.6 is 11.6 Å². The summed E-state index contributed by atoms with van der Waals surface area (Å²) in [5.41, 5.74) is 2.30. The summed E-state index contributed by atoms with van der Waals surface area (Å²) in [6.45, 7) is 1.98. The van der Waals surface area contributed by atoms with Crippen molar-refractivity contribution < 1.29 is 14.3 Å². The van der Waals surface area contributed by atoms with Gasteiger partial charge in [0.25, 0.3) is 5.91 Å². The molecule has 1 aliphatic rings. The lowest BCUT2D eigenvalue weighted by Crippen LogP contribution is -2.43. The molecule has 5 heteroatoms. The number of amides is 1. The Balaban J connectivity index is 1.74. The van der Waals surface area contributed by atoms with Gasteiger partial charge in [-0.05, 0) is 35.7 Å². The molecule has 24 heavy (non-hydrogen) atoms. The number of hydrogen-bond donors (Lipinski definition) is 1. The average Bonchev–Trinajstić information content (AvgIpc) is 2.59. The van der Waals surface area contributed by atoms with Crippen LogP contribution in [0.15, 0.2) is 48.5 Å². The highest BCUT2D eigenvalue weighted by Gasteiger charge is 2.32. The Morgan fingerprint density at radius 2 is 2.08 bits per heavy atom. The number of esters is 1. The highest BCUT2D eigenvalue weighted by Crippen LogP contribution is 2.23. The number of cyclic esters (lactones) is 1. The van der Waals surface area contributed by atoms with Crippen molar-refractivity contribution in [2.45, 2.75) is 31.9 Å². The average molecular weight is 344 g/mol. The van der Waals surface area contributed by atoms with Gasteiger partial charge in [0, 0.05) is 11.4 Å². The van der Waals surface area contributed by atoms with Crippen molar-refractivity contribution in [2.24, 2.45) is 0 Å². The quantitative estimate of drug-likeness (QED) is 0.861. The Morgan fingerprint density at radius 3 is 2.83 bits per heavy atom. The van der Waals surface area contributed by atoms with Gasteiger partial charge < -0.3 is 10.1 Å². The highest BCUT2D eigenvalue weighted by atomic mass is 35.5. The van der Waals surface area contributed by atoms with Crippen LogP contribution in [0.4, 0.5) is 0 Å². The SMILES string of the molecule is CCC(NC(=O)C1Cc2ccccc2C(=O)O1)c1cccc(Cl)c1. The zero-order valence-corrected chi connectivity index (χ0v) is 14.0. The summed E-state index contributed by atoms with van der Waals surface area (Å²) in [5.74, 6) is -0.738. The number of hydrogen-bond acceptors (Lipinski definition) is 3. The van der Waals surface area contributed by atoms with E-state index in [4.69, 9.17) is 16.3 Å². The van der Waals surface area contributed by atoms with E-state index in [-0.39, 0.29) is 11.9 Å². The molecule has 0 bridgehead atoms. The summed E-state index contributed by atoms with van der Waals surface area (Å²) >= 11 is 6.02. The van der Waals surface area contributed by atoms with Gasteiger partial charge in [0.1, 0.15) is 0 Å². The van der Waals surface area contributed by atoms with Gasteiger partial charge >= 0.3 is 5.97 Å². The molecule has 0 spiro atoms. The summed E-state index contributed by atoms with van der Waals surface area (Å²) in [4.78, 5) is 24.6. The van der Waals surface area contributed by atoms with Crippen molar-refractivity contribution in [2.75, 3.05) is 0 Å². The van der Waals surface area contributed by atoms with Crippen molar-refractivity contribution in [1.29, 1.82) is 0 Å². The van der Waals surface area contributed by atoms with Crippen LogP contribution in [-0.2, 0) is 16.0 Å². The Kier molecular flexibility index (Phi) is 4.86. The molecule has 2 atom stereocenters. The Bertz CT molecular complexity index is 775. The van der Waals surface area contributed by atoms with E-state index in [0.29, 0.717) is 23.4 Å². The second-order valence-electron chi connectivity index (χ2n) is 5.78. The summed E-state index contributed by atoms with van der Waals surface area (Å²) in [6.07, 6.45) is 0.295. The van der Waals surface area contributed by atoms with Gasteiger partial charge in [0.2, 0.25) is 0 Å². The minimum atomic E-state index is -0.805. The molecule has 0 fully saturated rings. The van der Waals surface area contributed by atoms with Crippen LogP contribution in [0.25, 0.3) is 0 Å². The highest BCUT2D eigenvalue weighted by molar-refractivity contribution is 6.30. The molecule has 2 aromatic rings. The fourth-order valence-corrected chi connectivity index (χ4v) is 3.09. The van der Waals surface area contributed by atoms with Crippen LogP contribution in [0.3, 0.4) is 0 Å². The van der Waals surface area contributed by atoms with E-state index in [1.165, 1.54) is 0 Å². The van der Waals surface area contributed by atoms with Crippen LogP contribution in [0.5, 0.6) is 0 Å². The number of benzene rings is 2. The Hall–Kier alpha value is -2.33. The lowest BCUT2D eigenvalue weighted by Gasteiger charge is -2.26. The first kappa shape index (κ1) is 16.5. The smallest absolute Gasteiger partial charge is 0.339 e. The minimum Gasteiger partial charge on any atom is -0.448 e. The fourth-order valence-electron chi connectivity index (χ4n) is 2.89. The predicted molar refractivity (Wildman–Crippen MR) is 92.0 cm³/mol. The summed E-state index contributed by atoms with van der Waals surface area (Å²) in [7, 11) is 0. The zero-order valence-electron chi connectivity index (χ0n) is 13.3. The number of carbonyl (C=O) groups excluding carboxylic acids is 2. The third kappa shape index (κ3) is 3.44. The molecule has 1 amide bonds. The van der Waals surface area contributed by atoms with Crippen molar-refractivity contribution >= 4 is 23.5 Å². The first-order valence-electron chi connectivity index (χ1n) is 7.93.